The van der Waals surface area contributed by atoms with Gasteiger partial charge in [0.05, 0.1) is 43.7 Å². The van der Waals surface area contributed by atoms with E-state index in [1.165, 1.54) is 11.3 Å². The zero-order valence-corrected chi connectivity index (χ0v) is 20.2. The summed E-state index contributed by atoms with van der Waals surface area (Å²) in [5.41, 5.74) is 4.58. The van der Waals surface area contributed by atoms with Crippen molar-refractivity contribution in [2.24, 2.45) is 0 Å². The summed E-state index contributed by atoms with van der Waals surface area (Å²) >= 11 is 1.50. The Morgan fingerprint density at radius 2 is 1.64 bits per heavy atom. The number of carbonyl (C=O) groups is 1. The van der Waals surface area contributed by atoms with E-state index in [9.17, 15) is 4.79 Å². The van der Waals surface area contributed by atoms with Crippen molar-refractivity contribution in [3.05, 3.63) is 71.3 Å². The first kappa shape index (κ1) is 22.6. The first-order chi connectivity index (χ1) is 15.9. The third kappa shape index (κ3) is 4.50. The molecule has 0 unspecified atom stereocenters. The zero-order valence-electron chi connectivity index (χ0n) is 19.3. The van der Waals surface area contributed by atoms with Crippen LogP contribution < -0.4 is 19.1 Å². The Kier molecular flexibility index (Phi) is 6.51. The molecule has 1 aromatic heterocycles. The third-order valence-electron chi connectivity index (χ3n) is 5.40. The van der Waals surface area contributed by atoms with Gasteiger partial charge in [0.25, 0.3) is 0 Å². The van der Waals surface area contributed by atoms with Gasteiger partial charge in [0.2, 0.25) is 11.7 Å². The Hall–Kier alpha value is -3.58. The van der Waals surface area contributed by atoms with Gasteiger partial charge >= 0.3 is 0 Å². The molecular weight excluding hydrogens is 436 g/mol. The van der Waals surface area contributed by atoms with Crippen LogP contribution in [-0.4, -0.2) is 32.2 Å². The monoisotopic (exact) mass is 462 g/mol. The Morgan fingerprint density at radius 1 is 0.939 bits per heavy atom. The summed E-state index contributed by atoms with van der Waals surface area (Å²) in [6.07, 6.45) is 0.139. The molecule has 0 aliphatic rings. The van der Waals surface area contributed by atoms with Gasteiger partial charge in [0.15, 0.2) is 16.6 Å². The number of rotatable bonds is 7. The van der Waals surface area contributed by atoms with Crippen LogP contribution in [0.1, 0.15) is 16.7 Å². The summed E-state index contributed by atoms with van der Waals surface area (Å²) in [6, 6.07) is 17.6. The van der Waals surface area contributed by atoms with Crippen molar-refractivity contribution in [3.63, 3.8) is 0 Å². The second kappa shape index (κ2) is 9.50. The molecule has 1 amide bonds. The van der Waals surface area contributed by atoms with E-state index >= 15 is 0 Å². The number of ether oxygens (including phenoxy) is 3. The van der Waals surface area contributed by atoms with Crippen LogP contribution in [0.15, 0.2) is 54.6 Å². The van der Waals surface area contributed by atoms with Gasteiger partial charge in [0.1, 0.15) is 0 Å². The smallest absolute Gasteiger partial charge is 0.237 e. The zero-order chi connectivity index (χ0) is 23.5. The molecule has 170 valence electrons. The van der Waals surface area contributed by atoms with Crippen LogP contribution in [0.25, 0.3) is 10.2 Å². The van der Waals surface area contributed by atoms with Crippen LogP contribution in [0.4, 0.5) is 10.8 Å². The van der Waals surface area contributed by atoms with Crippen molar-refractivity contribution in [1.82, 2.24) is 4.98 Å². The fourth-order valence-corrected chi connectivity index (χ4v) is 4.84. The van der Waals surface area contributed by atoms with E-state index in [4.69, 9.17) is 19.2 Å². The van der Waals surface area contributed by atoms with Gasteiger partial charge in [-0.3, -0.25) is 9.69 Å². The fourth-order valence-electron chi connectivity index (χ4n) is 3.85. The van der Waals surface area contributed by atoms with E-state index < -0.39 is 0 Å². The molecule has 0 bridgehead atoms. The van der Waals surface area contributed by atoms with E-state index in [1.54, 1.807) is 38.4 Å². The number of benzene rings is 3. The van der Waals surface area contributed by atoms with Crippen LogP contribution >= 0.6 is 11.3 Å². The molecule has 0 aliphatic heterocycles. The normalized spacial score (nSPS) is 10.8. The van der Waals surface area contributed by atoms with Gasteiger partial charge in [-0.05, 0) is 55.3 Å². The standard InChI is InChI=1S/C26H26N2O4S/c1-16-10-11-20(17(2)12-16)28(26-27-19-8-6-7-9-23(19)33-26)24(29)15-18-13-21(30-3)25(32-5)22(14-18)31-4/h6-14H,15H2,1-5H3. The summed E-state index contributed by atoms with van der Waals surface area (Å²) in [6.45, 7) is 4.05. The molecule has 7 heteroatoms. The van der Waals surface area contributed by atoms with Gasteiger partial charge in [-0.25, -0.2) is 4.98 Å². The molecule has 1 heterocycles. The lowest BCUT2D eigenvalue weighted by Crippen LogP contribution is -2.28. The number of anilines is 2. The van der Waals surface area contributed by atoms with Crippen molar-refractivity contribution in [1.29, 1.82) is 0 Å². The Labute approximate surface area is 197 Å². The van der Waals surface area contributed by atoms with Crippen molar-refractivity contribution in [3.8, 4) is 17.2 Å². The largest absolute Gasteiger partial charge is 0.493 e. The molecule has 0 atom stereocenters. The number of methoxy groups -OCH3 is 3. The number of aromatic nitrogens is 1. The Balaban J connectivity index is 1.78. The molecule has 0 saturated carbocycles. The van der Waals surface area contributed by atoms with Gasteiger partial charge in [-0.15, -0.1) is 0 Å². The topological polar surface area (TPSA) is 60.9 Å². The molecule has 4 aromatic rings. The average molecular weight is 463 g/mol. The van der Waals surface area contributed by atoms with Gasteiger partial charge in [0, 0.05) is 0 Å². The number of hydrogen-bond donors (Lipinski definition) is 0. The number of para-hydroxylation sites is 1. The number of amides is 1. The van der Waals surface area contributed by atoms with E-state index in [1.807, 2.05) is 50.2 Å². The minimum absolute atomic E-state index is 0.102. The molecule has 0 aliphatic carbocycles. The Morgan fingerprint density at radius 3 is 2.24 bits per heavy atom. The molecule has 0 fully saturated rings. The van der Waals surface area contributed by atoms with Crippen molar-refractivity contribution >= 4 is 38.3 Å². The molecule has 33 heavy (non-hydrogen) atoms. The van der Waals surface area contributed by atoms with Crippen molar-refractivity contribution in [2.75, 3.05) is 26.2 Å². The highest BCUT2D eigenvalue weighted by Crippen LogP contribution is 2.39. The molecule has 0 spiro atoms. The summed E-state index contributed by atoms with van der Waals surface area (Å²) in [5.74, 6) is 1.42. The maximum absolute atomic E-state index is 13.8. The lowest BCUT2D eigenvalue weighted by molar-refractivity contribution is -0.117. The molecular formula is C26H26N2O4S. The molecule has 4 rings (SSSR count). The highest BCUT2D eigenvalue weighted by Gasteiger charge is 2.25. The minimum atomic E-state index is -0.102. The number of fused-ring (bicyclic) bond motifs is 1. The van der Waals surface area contributed by atoms with E-state index in [0.717, 1.165) is 32.6 Å². The number of carbonyl (C=O) groups excluding carboxylic acids is 1. The summed E-state index contributed by atoms with van der Waals surface area (Å²) < 4.78 is 17.4. The van der Waals surface area contributed by atoms with Crippen LogP contribution in [0.5, 0.6) is 17.2 Å². The quantitative estimate of drug-likeness (QED) is 0.345. The first-order valence-electron chi connectivity index (χ1n) is 10.5. The van der Waals surface area contributed by atoms with E-state index in [-0.39, 0.29) is 12.3 Å². The summed E-state index contributed by atoms with van der Waals surface area (Å²) in [5, 5.41) is 0.639. The van der Waals surface area contributed by atoms with Crippen LogP contribution in [0, 0.1) is 13.8 Å². The predicted molar refractivity (Wildman–Crippen MR) is 132 cm³/mol. The SMILES string of the molecule is COc1cc(CC(=O)N(c2nc3ccccc3s2)c2ccc(C)cc2C)cc(OC)c1OC. The molecule has 3 aromatic carbocycles. The third-order valence-corrected chi connectivity index (χ3v) is 6.42. The second-order valence-corrected chi connectivity index (χ2v) is 8.70. The fraction of sp³-hybridized carbons (Fsp3) is 0.231. The predicted octanol–water partition coefficient (Wildman–Crippen LogP) is 5.85. The van der Waals surface area contributed by atoms with Crippen LogP contribution in [-0.2, 0) is 11.2 Å². The first-order valence-corrected chi connectivity index (χ1v) is 11.3. The minimum Gasteiger partial charge on any atom is -0.493 e. The number of nitrogens with zero attached hydrogens (tertiary/aromatic N) is 2. The summed E-state index contributed by atoms with van der Waals surface area (Å²) in [4.78, 5) is 20.2. The van der Waals surface area contributed by atoms with Gasteiger partial charge in [-0.2, -0.15) is 0 Å². The molecule has 6 nitrogen and oxygen atoms in total. The highest BCUT2D eigenvalue weighted by atomic mass is 32.1. The van der Waals surface area contributed by atoms with E-state index in [2.05, 4.69) is 6.07 Å². The van der Waals surface area contributed by atoms with E-state index in [0.29, 0.717) is 22.4 Å². The average Bonchev–Trinajstić information content (AvgIpc) is 3.23. The maximum Gasteiger partial charge on any atom is 0.237 e. The molecule has 0 radical (unpaired) electrons. The second-order valence-electron chi connectivity index (χ2n) is 7.69. The lowest BCUT2D eigenvalue weighted by Gasteiger charge is -2.23. The maximum atomic E-state index is 13.8. The van der Waals surface area contributed by atoms with Gasteiger partial charge in [-0.1, -0.05) is 41.2 Å². The lowest BCUT2D eigenvalue weighted by atomic mass is 10.1. The molecule has 0 N–H and O–H groups in total. The van der Waals surface area contributed by atoms with Crippen LogP contribution in [0.3, 0.4) is 0 Å². The van der Waals surface area contributed by atoms with Gasteiger partial charge < -0.3 is 14.2 Å². The number of thiazole rings is 1. The van der Waals surface area contributed by atoms with Crippen molar-refractivity contribution in [2.45, 2.75) is 20.3 Å². The summed E-state index contributed by atoms with van der Waals surface area (Å²) in [7, 11) is 4.68. The number of hydrogen-bond acceptors (Lipinski definition) is 6. The van der Waals surface area contributed by atoms with Crippen molar-refractivity contribution < 1.29 is 19.0 Å². The number of aryl methyl sites for hydroxylation is 2. The Bertz CT molecular complexity index is 1260. The highest BCUT2D eigenvalue weighted by molar-refractivity contribution is 7.22. The molecule has 0 saturated heterocycles. The van der Waals surface area contributed by atoms with Crippen LogP contribution in [0.2, 0.25) is 0 Å².